The van der Waals surface area contributed by atoms with E-state index in [4.69, 9.17) is 28.3 Å². The van der Waals surface area contributed by atoms with Crippen molar-refractivity contribution in [3.63, 3.8) is 0 Å². The van der Waals surface area contributed by atoms with Gasteiger partial charge in [-0.2, -0.15) is 10.1 Å². The monoisotopic (exact) mass is 536 g/mol. The molecule has 36 heavy (non-hydrogen) atoms. The van der Waals surface area contributed by atoms with Crippen LogP contribution in [0.5, 0.6) is 0 Å². The molecule has 0 radical (unpaired) electrons. The number of carbonyl (C=O) groups is 2. The summed E-state index contributed by atoms with van der Waals surface area (Å²) in [6.45, 7) is 2.04. The summed E-state index contributed by atoms with van der Waals surface area (Å²) in [6, 6.07) is 22.6. The lowest BCUT2D eigenvalue weighted by Gasteiger charge is -2.23. The fourth-order valence-corrected chi connectivity index (χ4v) is 5.48. The third kappa shape index (κ3) is 5.48. The van der Waals surface area contributed by atoms with Crippen LogP contribution in [0.3, 0.4) is 0 Å². The average Bonchev–Trinajstić information content (AvgIpc) is 3.44. The van der Waals surface area contributed by atoms with Crippen LogP contribution in [0.25, 0.3) is 0 Å². The van der Waals surface area contributed by atoms with Gasteiger partial charge in [-0.15, -0.1) is 0 Å². The molecule has 0 unspecified atom stereocenters. The second-order valence-electron chi connectivity index (χ2n) is 8.63. The van der Waals surface area contributed by atoms with Gasteiger partial charge in [0, 0.05) is 28.6 Å². The Morgan fingerprint density at radius 1 is 1.06 bits per heavy atom. The number of hydrogen-bond donors (Lipinski definition) is 1. The number of amidine groups is 1. The molecule has 0 saturated carbocycles. The lowest BCUT2D eigenvalue weighted by molar-refractivity contribution is -0.121. The standard InChI is InChI=1S/C27H22Cl2N4O2S/c1-16-5-7-17(8-6-16)22-14-23(18-9-11-19(28)12-10-18)33(32-22)27-31-26(35)24(36-27)15-25(34)30-21-4-2-3-20(29)13-21/h2-13,23-24H,14-15H2,1H3,(H,30,34)/t23-,24-/m1/s1. The maximum absolute atomic E-state index is 12.8. The summed E-state index contributed by atoms with van der Waals surface area (Å²) in [6.07, 6.45) is 0.648. The number of aliphatic imine (C=N–C) groups is 1. The van der Waals surface area contributed by atoms with Gasteiger partial charge in [-0.05, 0) is 48.4 Å². The van der Waals surface area contributed by atoms with Gasteiger partial charge in [-0.3, -0.25) is 9.59 Å². The lowest BCUT2D eigenvalue weighted by Crippen LogP contribution is -2.25. The number of halogens is 2. The molecule has 2 aliphatic rings. The molecule has 9 heteroatoms. The predicted molar refractivity (Wildman–Crippen MR) is 147 cm³/mol. The largest absolute Gasteiger partial charge is 0.326 e. The fraction of sp³-hybridized carbons (Fsp3) is 0.185. The van der Waals surface area contributed by atoms with Crippen LogP contribution in [0.2, 0.25) is 10.0 Å². The molecule has 0 spiro atoms. The van der Waals surface area contributed by atoms with Gasteiger partial charge in [-0.1, -0.05) is 83.0 Å². The number of anilines is 1. The number of aryl methyl sites for hydroxylation is 1. The van der Waals surface area contributed by atoms with E-state index in [1.54, 1.807) is 29.3 Å². The second-order valence-corrected chi connectivity index (χ2v) is 10.7. The summed E-state index contributed by atoms with van der Waals surface area (Å²) >= 11 is 13.4. The van der Waals surface area contributed by atoms with Crippen molar-refractivity contribution in [3.8, 4) is 0 Å². The summed E-state index contributed by atoms with van der Waals surface area (Å²) in [5.41, 5.74) is 4.70. The molecule has 3 aromatic rings. The van der Waals surface area contributed by atoms with Gasteiger partial charge in [0.05, 0.1) is 11.8 Å². The molecule has 0 bridgehead atoms. The molecule has 2 atom stereocenters. The lowest BCUT2D eigenvalue weighted by atomic mass is 9.98. The summed E-state index contributed by atoms with van der Waals surface area (Å²) < 4.78 is 0. The first-order chi connectivity index (χ1) is 17.4. The van der Waals surface area contributed by atoms with Crippen LogP contribution in [0.1, 0.15) is 35.6 Å². The minimum absolute atomic E-state index is 0.00298. The van der Waals surface area contributed by atoms with Gasteiger partial charge in [0.1, 0.15) is 5.25 Å². The molecular formula is C27H22Cl2N4O2S. The van der Waals surface area contributed by atoms with Gasteiger partial charge < -0.3 is 5.32 Å². The molecule has 5 rings (SSSR count). The Labute approximate surface area is 223 Å². The Bertz CT molecular complexity index is 1370. The molecule has 0 fully saturated rings. The number of amides is 2. The first-order valence-corrected chi connectivity index (χ1v) is 13.0. The summed E-state index contributed by atoms with van der Waals surface area (Å²) in [5.74, 6) is -0.621. The van der Waals surface area contributed by atoms with E-state index in [9.17, 15) is 9.59 Å². The molecular weight excluding hydrogens is 515 g/mol. The third-order valence-corrected chi connectivity index (χ3v) is 7.58. The van der Waals surface area contributed by atoms with Gasteiger partial charge in [-0.25, -0.2) is 5.01 Å². The van der Waals surface area contributed by atoms with E-state index in [1.165, 1.54) is 17.3 Å². The zero-order valence-electron chi connectivity index (χ0n) is 19.3. The van der Waals surface area contributed by atoms with Crippen LogP contribution in [0, 0.1) is 6.92 Å². The molecule has 2 aliphatic heterocycles. The van der Waals surface area contributed by atoms with Crippen molar-refractivity contribution >= 4 is 63.3 Å². The number of rotatable bonds is 5. The SMILES string of the molecule is Cc1ccc(C2=NN(C3=NC(=O)[C@@H](CC(=O)Nc4cccc(Cl)c4)S3)[C@@H](c3ccc(Cl)cc3)C2)cc1. The van der Waals surface area contributed by atoms with E-state index in [-0.39, 0.29) is 24.3 Å². The van der Waals surface area contributed by atoms with Crippen molar-refractivity contribution in [3.05, 3.63) is 99.5 Å². The van der Waals surface area contributed by atoms with E-state index in [0.717, 1.165) is 16.8 Å². The van der Waals surface area contributed by atoms with Crippen molar-refractivity contribution < 1.29 is 9.59 Å². The van der Waals surface area contributed by atoms with Crippen molar-refractivity contribution in [1.29, 1.82) is 0 Å². The number of hydrogen-bond acceptors (Lipinski definition) is 5. The normalized spacial score (nSPS) is 19.3. The van der Waals surface area contributed by atoms with E-state index < -0.39 is 5.25 Å². The highest BCUT2D eigenvalue weighted by Crippen LogP contribution is 2.39. The Morgan fingerprint density at radius 3 is 2.53 bits per heavy atom. The van der Waals surface area contributed by atoms with Gasteiger partial charge in [0.2, 0.25) is 5.91 Å². The second kappa shape index (κ2) is 10.5. The van der Waals surface area contributed by atoms with Crippen LogP contribution in [-0.4, -0.2) is 33.0 Å². The number of thioether (sulfide) groups is 1. The summed E-state index contributed by atoms with van der Waals surface area (Å²) in [4.78, 5) is 29.7. The van der Waals surface area contributed by atoms with E-state index in [2.05, 4.69) is 22.4 Å². The Morgan fingerprint density at radius 2 is 1.81 bits per heavy atom. The Hall–Kier alpha value is -3.13. The molecule has 182 valence electrons. The quantitative estimate of drug-likeness (QED) is 0.404. The molecule has 3 aromatic carbocycles. The molecule has 2 heterocycles. The molecule has 6 nitrogen and oxygen atoms in total. The topological polar surface area (TPSA) is 74.1 Å². The Kier molecular flexibility index (Phi) is 7.14. The predicted octanol–water partition coefficient (Wildman–Crippen LogP) is 6.48. The molecule has 1 N–H and O–H groups in total. The van der Waals surface area contributed by atoms with Crippen molar-refractivity contribution in [2.75, 3.05) is 5.32 Å². The van der Waals surface area contributed by atoms with Crippen LogP contribution >= 0.6 is 35.0 Å². The van der Waals surface area contributed by atoms with Crippen molar-refractivity contribution in [2.45, 2.75) is 31.1 Å². The third-order valence-electron chi connectivity index (χ3n) is 5.95. The van der Waals surface area contributed by atoms with Crippen molar-refractivity contribution in [1.82, 2.24) is 5.01 Å². The van der Waals surface area contributed by atoms with Gasteiger partial charge in [0.15, 0.2) is 5.17 Å². The number of nitrogens with one attached hydrogen (secondary N) is 1. The van der Waals surface area contributed by atoms with E-state index in [1.807, 2.05) is 43.3 Å². The maximum atomic E-state index is 12.8. The number of hydrazone groups is 1. The minimum atomic E-state index is -0.622. The Balaban J connectivity index is 1.35. The maximum Gasteiger partial charge on any atom is 0.262 e. The molecule has 0 saturated heterocycles. The molecule has 0 aromatic heterocycles. The minimum Gasteiger partial charge on any atom is -0.326 e. The highest BCUT2D eigenvalue weighted by Gasteiger charge is 2.39. The zero-order chi connectivity index (χ0) is 25.2. The number of nitrogens with zero attached hydrogens (tertiary/aromatic N) is 3. The average molecular weight is 537 g/mol. The van der Waals surface area contributed by atoms with Crippen LogP contribution in [-0.2, 0) is 9.59 Å². The fourth-order valence-electron chi connectivity index (χ4n) is 4.10. The smallest absolute Gasteiger partial charge is 0.262 e. The van der Waals surface area contributed by atoms with Gasteiger partial charge in [0.25, 0.3) is 5.91 Å². The van der Waals surface area contributed by atoms with Crippen LogP contribution in [0.15, 0.2) is 82.9 Å². The first-order valence-electron chi connectivity index (χ1n) is 11.4. The zero-order valence-corrected chi connectivity index (χ0v) is 21.6. The van der Waals surface area contributed by atoms with Gasteiger partial charge >= 0.3 is 0 Å². The van der Waals surface area contributed by atoms with Crippen LogP contribution in [0.4, 0.5) is 5.69 Å². The highest BCUT2D eigenvalue weighted by molar-refractivity contribution is 8.15. The molecule has 2 amide bonds. The summed E-state index contributed by atoms with van der Waals surface area (Å²) in [5, 5.41) is 10.5. The van der Waals surface area contributed by atoms with E-state index in [0.29, 0.717) is 27.3 Å². The number of carbonyl (C=O) groups excluding carboxylic acids is 2. The first kappa shape index (κ1) is 24.6. The molecule has 0 aliphatic carbocycles. The van der Waals surface area contributed by atoms with Crippen molar-refractivity contribution in [2.24, 2.45) is 10.1 Å². The number of benzene rings is 3. The summed E-state index contributed by atoms with van der Waals surface area (Å²) in [7, 11) is 0. The highest BCUT2D eigenvalue weighted by atomic mass is 35.5. The van der Waals surface area contributed by atoms with E-state index >= 15 is 0 Å². The van der Waals surface area contributed by atoms with Crippen LogP contribution < -0.4 is 5.32 Å².